The van der Waals surface area contributed by atoms with Crippen molar-refractivity contribution >= 4 is 28.8 Å². The number of nitrogens with one attached hydrogen (secondary N) is 1. The molecule has 37 heavy (non-hydrogen) atoms. The van der Waals surface area contributed by atoms with Crippen molar-refractivity contribution in [1.29, 1.82) is 0 Å². The number of aromatic nitrogens is 3. The van der Waals surface area contributed by atoms with Gasteiger partial charge < -0.3 is 4.74 Å². The van der Waals surface area contributed by atoms with Crippen LogP contribution in [-0.2, 0) is 9.59 Å². The number of nitrogens with zero attached hydrogens (tertiary/aromatic N) is 3. The molecule has 2 aromatic heterocycles. The molecular formula is C29H27N4O4+. The lowest BCUT2D eigenvalue weighted by Crippen LogP contribution is -2.39. The number of hydrogen-bond donors (Lipinski definition) is 1. The number of anilines is 1. The Morgan fingerprint density at radius 1 is 0.865 bits per heavy atom. The first-order valence-corrected chi connectivity index (χ1v) is 12.0. The van der Waals surface area contributed by atoms with Gasteiger partial charge in [0.15, 0.2) is 12.4 Å². The highest BCUT2D eigenvalue weighted by molar-refractivity contribution is 6.53. The van der Waals surface area contributed by atoms with Crippen LogP contribution in [0.15, 0.2) is 83.9 Å². The molecule has 0 spiro atoms. The van der Waals surface area contributed by atoms with E-state index in [0.717, 1.165) is 10.5 Å². The molecule has 1 aliphatic heterocycles. The molecule has 4 aromatic rings. The van der Waals surface area contributed by atoms with E-state index in [9.17, 15) is 14.4 Å². The molecule has 3 heterocycles. The highest BCUT2D eigenvalue weighted by Crippen LogP contribution is 2.35. The van der Waals surface area contributed by atoms with Gasteiger partial charge in [-0.25, -0.2) is 9.58 Å². The van der Waals surface area contributed by atoms with E-state index in [2.05, 4.69) is 5.10 Å². The lowest BCUT2D eigenvalue weighted by molar-refractivity contribution is -0.577. The first kappa shape index (κ1) is 24.0. The Hall–Kier alpha value is -4.72. The number of aryl methyl sites for hydroxylation is 1. The van der Waals surface area contributed by atoms with Gasteiger partial charge in [0.2, 0.25) is 0 Å². The summed E-state index contributed by atoms with van der Waals surface area (Å²) < 4.78 is 8.27. The number of rotatable bonds is 6. The second-order valence-corrected chi connectivity index (χ2v) is 9.19. The standard InChI is InChI=1S/C29H26N4O4/c1-18(2)25-23(28(35)33(30-25)21-10-6-5-7-11-21)24-26(31-16-8-9-19(3)17-31)29(36)32(27(24)34)20-12-14-22(37-4)15-13-20/h5-18H,1-4H3/p+1. The Bertz CT molecular complexity index is 1600. The quantitative estimate of drug-likeness (QED) is 0.325. The smallest absolute Gasteiger partial charge is 0.331 e. The van der Waals surface area contributed by atoms with Crippen molar-refractivity contribution < 1.29 is 18.9 Å². The molecule has 0 aliphatic carbocycles. The first-order chi connectivity index (χ1) is 17.8. The van der Waals surface area contributed by atoms with Crippen molar-refractivity contribution in [2.45, 2.75) is 26.7 Å². The Morgan fingerprint density at radius 2 is 1.57 bits per heavy atom. The van der Waals surface area contributed by atoms with Gasteiger partial charge in [-0.3, -0.25) is 19.5 Å². The number of imide groups is 1. The van der Waals surface area contributed by atoms with Gasteiger partial charge in [-0.05, 0) is 55.3 Å². The molecule has 5 rings (SSSR count). The van der Waals surface area contributed by atoms with E-state index >= 15 is 0 Å². The van der Waals surface area contributed by atoms with E-state index in [1.807, 2.05) is 57.2 Å². The summed E-state index contributed by atoms with van der Waals surface area (Å²) in [6.45, 7) is 5.77. The molecule has 0 radical (unpaired) electrons. The number of ether oxygens (including phenoxy) is 1. The molecule has 1 N–H and O–H groups in total. The number of methoxy groups -OCH3 is 1. The van der Waals surface area contributed by atoms with Crippen LogP contribution in [0.4, 0.5) is 5.69 Å². The zero-order valence-corrected chi connectivity index (χ0v) is 21.1. The molecule has 0 atom stereocenters. The zero-order chi connectivity index (χ0) is 26.3. The molecule has 2 amide bonds. The van der Waals surface area contributed by atoms with Gasteiger partial charge in [-0.15, -0.1) is 0 Å². The number of benzene rings is 2. The number of hydrogen-bond acceptors (Lipinski definition) is 4. The fourth-order valence-corrected chi connectivity index (χ4v) is 4.55. The molecule has 0 saturated heterocycles. The van der Waals surface area contributed by atoms with Crippen LogP contribution in [0.2, 0.25) is 0 Å². The van der Waals surface area contributed by atoms with Crippen LogP contribution in [0.5, 0.6) is 5.75 Å². The van der Waals surface area contributed by atoms with Crippen LogP contribution in [-0.4, -0.2) is 28.7 Å². The third-order valence-corrected chi connectivity index (χ3v) is 6.36. The number of H-pyrrole nitrogens is 1. The molecule has 2 aromatic carbocycles. The summed E-state index contributed by atoms with van der Waals surface area (Å²) in [7, 11) is 1.55. The van der Waals surface area contributed by atoms with E-state index in [1.165, 1.54) is 4.68 Å². The molecule has 8 heteroatoms. The fourth-order valence-electron chi connectivity index (χ4n) is 4.55. The number of pyridine rings is 1. The van der Waals surface area contributed by atoms with E-state index in [1.54, 1.807) is 54.4 Å². The largest absolute Gasteiger partial charge is 0.497 e. The Morgan fingerprint density at radius 3 is 2.19 bits per heavy atom. The number of para-hydroxylation sites is 1. The summed E-state index contributed by atoms with van der Waals surface area (Å²) in [5, 5.41) is 3.19. The summed E-state index contributed by atoms with van der Waals surface area (Å²) in [6.07, 6.45) is 3.48. The van der Waals surface area contributed by atoms with Gasteiger partial charge >= 0.3 is 5.91 Å². The minimum Gasteiger partial charge on any atom is -0.497 e. The molecule has 0 saturated carbocycles. The minimum absolute atomic E-state index is 0.0658. The maximum Gasteiger partial charge on any atom is 0.331 e. The summed E-state index contributed by atoms with van der Waals surface area (Å²) in [5.74, 6) is -0.593. The molecule has 0 fully saturated rings. The van der Waals surface area contributed by atoms with Gasteiger partial charge in [0, 0.05) is 17.3 Å². The number of carbonyl (C=O) groups is 2. The van der Waals surface area contributed by atoms with Gasteiger partial charge in [0.1, 0.15) is 11.3 Å². The third kappa shape index (κ3) is 4.06. The number of aromatic amines is 1. The SMILES string of the molecule is COc1ccc(N2C(=O)C(c3c(C(C)C)[nH]n(-c4ccccc4)c3=O)=C([n+]3cccc(C)c3)C2=O)cc1. The molecule has 0 unspecified atom stereocenters. The topological polar surface area (TPSA) is 88.3 Å². The predicted molar refractivity (Wildman–Crippen MR) is 140 cm³/mol. The predicted octanol–water partition coefficient (Wildman–Crippen LogP) is 3.84. The lowest BCUT2D eigenvalue weighted by atomic mass is 9.98. The summed E-state index contributed by atoms with van der Waals surface area (Å²) >= 11 is 0. The van der Waals surface area contributed by atoms with E-state index in [0.29, 0.717) is 22.8 Å². The van der Waals surface area contributed by atoms with Gasteiger partial charge in [0.05, 0.1) is 24.0 Å². The highest BCUT2D eigenvalue weighted by Gasteiger charge is 2.48. The van der Waals surface area contributed by atoms with Crippen molar-refractivity contribution in [3.8, 4) is 11.4 Å². The monoisotopic (exact) mass is 495 g/mol. The van der Waals surface area contributed by atoms with Gasteiger partial charge in [-0.2, -0.15) is 4.57 Å². The van der Waals surface area contributed by atoms with Crippen molar-refractivity contribution in [3.05, 3.63) is 106 Å². The van der Waals surface area contributed by atoms with E-state index in [-0.39, 0.29) is 22.8 Å². The first-order valence-electron chi connectivity index (χ1n) is 12.0. The average Bonchev–Trinajstić information content (AvgIpc) is 3.37. The third-order valence-electron chi connectivity index (χ3n) is 6.36. The van der Waals surface area contributed by atoms with Crippen LogP contribution < -0.4 is 19.8 Å². The number of carbonyl (C=O) groups excluding carboxylic acids is 2. The van der Waals surface area contributed by atoms with Gasteiger partial charge in [0.25, 0.3) is 17.2 Å². The fraction of sp³-hybridized carbons (Fsp3) is 0.172. The second-order valence-electron chi connectivity index (χ2n) is 9.19. The van der Waals surface area contributed by atoms with Crippen LogP contribution in [0.1, 0.15) is 36.6 Å². The molecule has 8 nitrogen and oxygen atoms in total. The van der Waals surface area contributed by atoms with Crippen LogP contribution >= 0.6 is 0 Å². The maximum absolute atomic E-state index is 14.1. The Balaban J connectivity index is 1.78. The molecular weight excluding hydrogens is 468 g/mol. The van der Waals surface area contributed by atoms with Crippen molar-refractivity contribution in [3.63, 3.8) is 0 Å². The highest BCUT2D eigenvalue weighted by atomic mass is 16.5. The second kappa shape index (κ2) is 9.39. The maximum atomic E-state index is 14.1. The zero-order valence-electron chi connectivity index (χ0n) is 21.1. The number of amides is 2. The van der Waals surface area contributed by atoms with Crippen LogP contribution in [0, 0.1) is 6.92 Å². The summed E-state index contributed by atoms with van der Waals surface area (Å²) in [5.41, 5.74) is 2.49. The van der Waals surface area contributed by atoms with Crippen molar-refractivity contribution in [2.75, 3.05) is 12.0 Å². The molecule has 186 valence electrons. The Kier molecular flexibility index (Phi) is 6.09. The van der Waals surface area contributed by atoms with Gasteiger partial charge in [-0.1, -0.05) is 32.0 Å². The minimum atomic E-state index is -0.558. The average molecular weight is 496 g/mol. The van der Waals surface area contributed by atoms with Crippen molar-refractivity contribution in [2.24, 2.45) is 0 Å². The summed E-state index contributed by atoms with van der Waals surface area (Å²) in [6, 6.07) is 19.5. The lowest BCUT2D eigenvalue weighted by Gasteiger charge is -2.14. The van der Waals surface area contributed by atoms with E-state index in [4.69, 9.17) is 4.74 Å². The van der Waals surface area contributed by atoms with Crippen LogP contribution in [0.25, 0.3) is 17.0 Å². The van der Waals surface area contributed by atoms with Crippen molar-refractivity contribution in [1.82, 2.24) is 9.78 Å². The Labute approximate surface area is 214 Å². The van der Waals surface area contributed by atoms with Crippen LogP contribution in [0.3, 0.4) is 0 Å². The van der Waals surface area contributed by atoms with E-state index < -0.39 is 17.4 Å². The molecule has 0 bridgehead atoms. The summed E-state index contributed by atoms with van der Waals surface area (Å²) in [4.78, 5) is 43.0. The molecule has 1 aliphatic rings. The normalized spacial score (nSPS) is 13.7.